The van der Waals surface area contributed by atoms with Crippen LogP contribution in [0.1, 0.15) is 44.2 Å². The molecule has 0 saturated heterocycles. The largest absolute Gasteiger partial charge is 0.497 e. The number of ether oxygens (including phenoxy) is 2. The Morgan fingerprint density at radius 1 is 1.19 bits per heavy atom. The molecule has 0 radical (unpaired) electrons. The van der Waals surface area contributed by atoms with Gasteiger partial charge in [-0.15, -0.1) is 0 Å². The molecular formula is C20H22N2O3S. The van der Waals surface area contributed by atoms with Gasteiger partial charge in [-0.2, -0.15) is 0 Å². The SMILES string of the molecule is COC(=O)C1=C(C)N=C2SC3=C(CCCC3)N2[C@H]1c1ccc(OC)cc1. The average Bonchev–Trinajstić information content (AvgIpc) is 3.04. The third-order valence-corrected chi connectivity index (χ3v) is 6.28. The molecule has 2 heterocycles. The summed E-state index contributed by atoms with van der Waals surface area (Å²) in [5.74, 6) is 0.480. The second-order valence-electron chi connectivity index (χ2n) is 6.61. The molecule has 2 aliphatic heterocycles. The van der Waals surface area contributed by atoms with E-state index in [4.69, 9.17) is 14.5 Å². The highest BCUT2D eigenvalue weighted by molar-refractivity contribution is 8.17. The van der Waals surface area contributed by atoms with E-state index in [0.29, 0.717) is 5.57 Å². The number of benzene rings is 1. The van der Waals surface area contributed by atoms with Crippen LogP contribution in [0.5, 0.6) is 5.75 Å². The number of methoxy groups -OCH3 is 2. The molecular weight excluding hydrogens is 348 g/mol. The normalized spacial score (nSPS) is 22.0. The van der Waals surface area contributed by atoms with Gasteiger partial charge in [0.05, 0.1) is 31.5 Å². The molecule has 5 nitrogen and oxygen atoms in total. The Balaban J connectivity index is 1.85. The molecule has 1 aliphatic carbocycles. The van der Waals surface area contributed by atoms with Gasteiger partial charge in [0.1, 0.15) is 5.75 Å². The highest BCUT2D eigenvalue weighted by atomic mass is 32.2. The van der Waals surface area contributed by atoms with Crippen molar-refractivity contribution in [1.29, 1.82) is 0 Å². The predicted octanol–water partition coefficient (Wildman–Crippen LogP) is 4.39. The van der Waals surface area contributed by atoms with E-state index in [-0.39, 0.29) is 12.0 Å². The Labute approximate surface area is 157 Å². The van der Waals surface area contributed by atoms with Crippen molar-refractivity contribution in [3.8, 4) is 5.75 Å². The Hall–Kier alpha value is -2.21. The Kier molecular flexibility index (Phi) is 4.53. The van der Waals surface area contributed by atoms with Crippen LogP contribution in [0, 0.1) is 0 Å². The fourth-order valence-electron chi connectivity index (χ4n) is 3.85. The minimum absolute atomic E-state index is 0.209. The minimum Gasteiger partial charge on any atom is -0.497 e. The van der Waals surface area contributed by atoms with Crippen molar-refractivity contribution < 1.29 is 14.3 Å². The van der Waals surface area contributed by atoms with Crippen LogP contribution in [0.25, 0.3) is 0 Å². The first-order chi connectivity index (χ1) is 12.6. The van der Waals surface area contributed by atoms with Crippen LogP contribution in [-0.2, 0) is 9.53 Å². The zero-order valence-electron chi connectivity index (χ0n) is 15.2. The molecule has 1 aromatic rings. The van der Waals surface area contributed by atoms with E-state index in [1.54, 1.807) is 18.9 Å². The summed E-state index contributed by atoms with van der Waals surface area (Å²) in [5, 5.41) is 0.975. The summed E-state index contributed by atoms with van der Waals surface area (Å²) in [4.78, 5) is 21.0. The molecule has 4 rings (SSSR count). The molecule has 0 bridgehead atoms. The lowest BCUT2D eigenvalue weighted by molar-refractivity contribution is -0.136. The third-order valence-electron chi connectivity index (χ3n) is 5.12. The number of nitrogens with zero attached hydrogens (tertiary/aromatic N) is 2. The third kappa shape index (κ3) is 2.72. The number of amidine groups is 1. The topological polar surface area (TPSA) is 51.1 Å². The van der Waals surface area contributed by atoms with Crippen LogP contribution in [0.2, 0.25) is 0 Å². The zero-order valence-corrected chi connectivity index (χ0v) is 16.1. The van der Waals surface area contributed by atoms with Crippen molar-refractivity contribution in [2.45, 2.75) is 38.6 Å². The number of thioether (sulfide) groups is 1. The summed E-state index contributed by atoms with van der Waals surface area (Å²) in [5.41, 5.74) is 3.70. The molecule has 0 aromatic heterocycles. The fourth-order valence-corrected chi connectivity index (χ4v) is 5.13. The smallest absolute Gasteiger partial charge is 0.338 e. The summed E-state index contributed by atoms with van der Waals surface area (Å²) in [7, 11) is 3.08. The molecule has 6 heteroatoms. The Morgan fingerprint density at radius 2 is 1.92 bits per heavy atom. The van der Waals surface area contributed by atoms with Gasteiger partial charge in [0.25, 0.3) is 0 Å². The van der Waals surface area contributed by atoms with Gasteiger partial charge in [-0.25, -0.2) is 9.79 Å². The molecule has 0 fully saturated rings. The molecule has 0 unspecified atom stereocenters. The predicted molar refractivity (Wildman–Crippen MR) is 103 cm³/mol. The maximum atomic E-state index is 12.6. The van der Waals surface area contributed by atoms with Crippen molar-refractivity contribution in [3.63, 3.8) is 0 Å². The second kappa shape index (κ2) is 6.83. The van der Waals surface area contributed by atoms with Crippen LogP contribution in [0.15, 0.2) is 51.1 Å². The van der Waals surface area contributed by atoms with Crippen LogP contribution in [0.4, 0.5) is 0 Å². The van der Waals surface area contributed by atoms with E-state index in [1.165, 1.54) is 30.6 Å². The van der Waals surface area contributed by atoms with Gasteiger partial charge >= 0.3 is 5.97 Å². The molecule has 0 spiro atoms. The summed E-state index contributed by atoms with van der Waals surface area (Å²) >= 11 is 1.75. The summed E-state index contributed by atoms with van der Waals surface area (Å²) < 4.78 is 10.4. The molecule has 136 valence electrons. The maximum absolute atomic E-state index is 12.6. The van der Waals surface area contributed by atoms with Gasteiger partial charge in [0, 0.05) is 10.6 Å². The van der Waals surface area contributed by atoms with E-state index in [9.17, 15) is 4.79 Å². The maximum Gasteiger partial charge on any atom is 0.338 e. The summed E-state index contributed by atoms with van der Waals surface area (Å²) in [6.07, 6.45) is 4.52. The number of carbonyl (C=O) groups is 1. The van der Waals surface area contributed by atoms with Crippen LogP contribution in [0.3, 0.4) is 0 Å². The van der Waals surface area contributed by atoms with Gasteiger partial charge in [-0.1, -0.05) is 23.9 Å². The molecule has 0 saturated carbocycles. The van der Waals surface area contributed by atoms with Crippen molar-refractivity contribution in [1.82, 2.24) is 4.90 Å². The Morgan fingerprint density at radius 3 is 2.62 bits per heavy atom. The van der Waals surface area contributed by atoms with E-state index < -0.39 is 0 Å². The van der Waals surface area contributed by atoms with E-state index in [2.05, 4.69) is 4.90 Å². The van der Waals surface area contributed by atoms with Crippen molar-refractivity contribution >= 4 is 22.9 Å². The fraction of sp³-hybridized carbons (Fsp3) is 0.400. The highest BCUT2D eigenvalue weighted by Gasteiger charge is 2.43. The number of esters is 1. The zero-order chi connectivity index (χ0) is 18.3. The lowest BCUT2D eigenvalue weighted by Crippen LogP contribution is -2.36. The standard InChI is InChI=1S/C20H22N2O3S/c1-12-17(19(23)25-3)18(13-8-10-14(24-2)11-9-13)22-15-6-4-5-7-16(15)26-20(22)21-12/h8-11,18H,4-7H2,1-3H3/t18-/m0/s1. The molecule has 0 N–H and O–H groups in total. The molecule has 3 aliphatic rings. The lowest BCUT2D eigenvalue weighted by Gasteiger charge is -2.36. The molecule has 0 amide bonds. The highest BCUT2D eigenvalue weighted by Crippen LogP contribution is 2.51. The van der Waals surface area contributed by atoms with E-state index in [0.717, 1.165) is 35.0 Å². The number of fused-ring (bicyclic) bond motifs is 2. The first-order valence-electron chi connectivity index (χ1n) is 8.85. The van der Waals surface area contributed by atoms with Crippen molar-refractivity contribution in [3.05, 3.63) is 51.7 Å². The van der Waals surface area contributed by atoms with Crippen molar-refractivity contribution in [2.75, 3.05) is 14.2 Å². The minimum atomic E-state index is -0.319. The summed E-state index contributed by atoms with van der Waals surface area (Å²) in [6, 6.07) is 7.71. The van der Waals surface area contributed by atoms with Gasteiger partial charge in [-0.3, -0.25) is 0 Å². The first kappa shape index (κ1) is 17.2. The monoisotopic (exact) mass is 370 g/mol. The van der Waals surface area contributed by atoms with Gasteiger partial charge in [0.15, 0.2) is 5.17 Å². The molecule has 1 aromatic carbocycles. The number of hydrogen-bond acceptors (Lipinski definition) is 6. The van der Waals surface area contributed by atoms with Crippen LogP contribution < -0.4 is 4.74 Å². The summed E-state index contributed by atoms with van der Waals surface area (Å²) in [6.45, 7) is 1.89. The number of carbonyl (C=O) groups excluding carboxylic acids is 1. The van der Waals surface area contributed by atoms with Crippen molar-refractivity contribution in [2.24, 2.45) is 4.99 Å². The Bertz CT molecular complexity index is 839. The number of rotatable bonds is 3. The average molecular weight is 370 g/mol. The van der Waals surface area contributed by atoms with Gasteiger partial charge < -0.3 is 14.4 Å². The number of allylic oxidation sites excluding steroid dienone is 3. The van der Waals surface area contributed by atoms with Gasteiger partial charge in [-0.05, 0) is 50.3 Å². The number of hydrogen-bond donors (Lipinski definition) is 0. The quantitative estimate of drug-likeness (QED) is 0.739. The van der Waals surface area contributed by atoms with Gasteiger partial charge in [0.2, 0.25) is 0 Å². The van der Waals surface area contributed by atoms with Crippen LogP contribution in [-0.4, -0.2) is 30.3 Å². The first-order valence-corrected chi connectivity index (χ1v) is 9.66. The van der Waals surface area contributed by atoms with Crippen LogP contribution >= 0.6 is 11.8 Å². The van der Waals surface area contributed by atoms with E-state index >= 15 is 0 Å². The number of aliphatic imine (C=N–C) groups is 1. The molecule has 1 atom stereocenters. The lowest BCUT2D eigenvalue weighted by atomic mass is 9.92. The second-order valence-corrected chi connectivity index (χ2v) is 7.67. The molecule has 26 heavy (non-hydrogen) atoms. The van der Waals surface area contributed by atoms with E-state index in [1.807, 2.05) is 31.2 Å².